The molecule has 0 amide bonds. The minimum absolute atomic E-state index is 0.0179. The van der Waals surface area contributed by atoms with Crippen LogP contribution in [0.25, 0.3) is 33.4 Å². The molecule has 9 rings (SSSR count). The smallest absolute Gasteiger partial charge is 0.247 e. The van der Waals surface area contributed by atoms with Crippen LogP contribution in [-0.2, 0) is 32.5 Å². The van der Waals surface area contributed by atoms with E-state index in [9.17, 15) is 0 Å². The first-order chi connectivity index (χ1) is 34.0. The molecule has 14 nitrogen and oxygen atoms in total. The van der Waals surface area contributed by atoms with Crippen LogP contribution >= 0.6 is 0 Å². The standard InChI is InChI=1S/C12H14N2O.2C12H14N2.2C8H12N2.C7H11N3/c1-12(2,3)11-14-13-10(15-11)9-7-5-4-6-8-9;1-12(2,3)11-8-13-9-6-4-5-7-10(9)14-11;1-12(2,3)11-13-8-9-6-4-5-7-10(9)14-11;1-8(2,3)7-6-9-4-5-10-7;1-8(2,3)7-9-5-4-6-10-7;1-7(2,3)6-9-4-8-5-10-6/h4-8H,1-3H3;2*4-8H,1-3H3;2*4-6H,1-3H3;4-5H,1-3H3. The van der Waals surface area contributed by atoms with Gasteiger partial charge in [0.1, 0.15) is 30.1 Å². The van der Waals surface area contributed by atoms with Gasteiger partial charge in [-0.3, -0.25) is 15.0 Å². The van der Waals surface area contributed by atoms with Crippen molar-refractivity contribution in [3.8, 4) is 11.5 Å². The van der Waals surface area contributed by atoms with Gasteiger partial charge in [0.2, 0.25) is 11.8 Å². The highest BCUT2D eigenvalue weighted by atomic mass is 16.4. The summed E-state index contributed by atoms with van der Waals surface area (Å²) in [6, 6.07) is 27.6. The first-order valence-electron chi connectivity index (χ1n) is 24.5. The van der Waals surface area contributed by atoms with Gasteiger partial charge in [0.25, 0.3) is 0 Å². The van der Waals surface area contributed by atoms with Crippen molar-refractivity contribution in [2.45, 2.75) is 157 Å². The second-order valence-corrected chi connectivity index (χ2v) is 23.4. The summed E-state index contributed by atoms with van der Waals surface area (Å²) in [5.74, 6) is 3.88. The second-order valence-electron chi connectivity index (χ2n) is 23.4. The Hall–Kier alpha value is -7.35. The average Bonchev–Trinajstić information content (AvgIpc) is 3.87. The number of aromatic nitrogens is 13. The largest absolute Gasteiger partial charge is 0.420 e. The molecule has 0 atom stereocenters. The van der Waals surface area contributed by atoms with Gasteiger partial charge >= 0.3 is 0 Å². The first-order valence-corrected chi connectivity index (χ1v) is 24.5. The van der Waals surface area contributed by atoms with Crippen molar-refractivity contribution in [3.05, 3.63) is 176 Å². The fraction of sp³-hybridized carbons (Fsp3) is 0.407. The number of hydrogen-bond acceptors (Lipinski definition) is 14. The van der Waals surface area contributed by atoms with Crippen LogP contribution in [0, 0.1) is 0 Å². The van der Waals surface area contributed by atoms with Gasteiger partial charge in [-0.2, -0.15) is 0 Å². The molecule has 3 aromatic carbocycles. The lowest BCUT2D eigenvalue weighted by atomic mass is 9.92. The van der Waals surface area contributed by atoms with Gasteiger partial charge in [-0.15, -0.1) is 10.2 Å². The third-order valence-electron chi connectivity index (χ3n) is 10.2. The molecule has 0 saturated heterocycles. The lowest BCUT2D eigenvalue weighted by molar-refractivity contribution is 0.399. The second kappa shape index (κ2) is 25.3. The summed E-state index contributed by atoms with van der Waals surface area (Å²) in [5.41, 5.74) is 6.19. The van der Waals surface area contributed by atoms with Gasteiger partial charge in [-0.1, -0.05) is 173 Å². The topological polar surface area (TPSA) is 181 Å². The van der Waals surface area contributed by atoms with E-state index in [-0.39, 0.29) is 32.5 Å². The zero-order valence-electron chi connectivity index (χ0n) is 46.5. The molecule has 73 heavy (non-hydrogen) atoms. The maximum absolute atomic E-state index is 5.61. The SMILES string of the molecule is CC(C)(C)c1cnc2ccccc2n1.CC(C)(C)c1cnccn1.CC(C)(C)c1ncc2ccccc2n1.CC(C)(C)c1ncccn1.CC(C)(C)c1ncncn1.CC(C)(C)c1nnc(-c2ccccc2)o1. The van der Waals surface area contributed by atoms with E-state index < -0.39 is 0 Å². The van der Waals surface area contributed by atoms with E-state index in [4.69, 9.17) is 4.42 Å². The summed E-state index contributed by atoms with van der Waals surface area (Å²) < 4.78 is 5.61. The maximum Gasteiger partial charge on any atom is 0.247 e. The van der Waals surface area contributed by atoms with Gasteiger partial charge in [-0.25, -0.2) is 39.9 Å². The predicted molar refractivity (Wildman–Crippen MR) is 295 cm³/mol. The molecule has 0 unspecified atom stereocenters. The number of nitrogens with zero attached hydrogens (tertiary/aromatic N) is 13. The highest BCUT2D eigenvalue weighted by Crippen LogP contribution is 2.26. The van der Waals surface area contributed by atoms with Crippen molar-refractivity contribution in [2.75, 3.05) is 0 Å². The summed E-state index contributed by atoms with van der Waals surface area (Å²) in [6.07, 6.45) is 15.6. The van der Waals surface area contributed by atoms with E-state index in [0.717, 1.165) is 56.4 Å². The number of rotatable bonds is 1. The first kappa shape index (κ1) is 58.2. The van der Waals surface area contributed by atoms with Crippen molar-refractivity contribution in [1.29, 1.82) is 0 Å². The van der Waals surface area contributed by atoms with Crippen molar-refractivity contribution < 1.29 is 4.42 Å². The molecule has 384 valence electrons. The van der Waals surface area contributed by atoms with Crippen LogP contribution in [0.2, 0.25) is 0 Å². The van der Waals surface area contributed by atoms with E-state index in [1.54, 1.807) is 31.0 Å². The fourth-order valence-electron chi connectivity index (χ4n) is 5.88. The van der Waals surface area contributed by atoms with Crippen LogP contribution in [-0.4, -0.2) is 65.0 Å². The molecule has 0 N–H and O–H groups in total. The molecule has 0 bridgehead atoms. The Morgan fingerprint density at radius 1 is 0.342 bits per heavy atom. The summed E-state index contributed by atoms with van der Waals surface area (Å²) >= 11 is 0. The average molecular weight is 984 g/mol. The van der Waals surface area contributed by atoms with Gasteiger partial charge in [0.15, 0.2) is 0 Å². The summed E-state index contributed by atoms with van der Waals surface area (Å²) in [5, 5.41) is 9.18. The van der Waals surface area contributed by atoms with Gasteiger partial charge in [-0.05, 0) is 36.4 Å². The van der Waals surface area contributed by atoms with Crippen molar-refractivity contribution in [2.24, 2.45) is 0 Å². The predicted octanol–water partition coefficient (Wildman–Crippen LogP) is 13.6. The number of para-hydroxylation sites is 3. The molecule has 0 radical (unpaired) electrons. The van der Waals surface area contributed by atoms with E-state index in [2.05, 4.69) is 190 Å². The Bertz CT molecular complexity index is 2790. The Kier molecular flexibility index (Phi) is 20.2. The highest BCUT2D eigenvalue weighted by molar-refractivity contribution is 5.77. The van der Waals surface area contributed by atoms with Gasteiger partial charge < -0.3 is 4.42 Å². The van der Waals surface area contributed by atoms with Crippen LogP contribution < -0.4 is 0 Å². The normalized spacial score (nSPS) is 11.7. The molecule has 14 heteroatoms. The van der Waals surface area contributed by atoms with E-state index in [1.165, 1.54) is 12.7 Å². The Morgan fingerprint density at radius 2 is 0.877 bits per heavy atom. The molecule has 0 aliphatic carbocycles. The summed E-state index contributed by atoms with van der Waals surface area (Å²) in [4.78, 5) is 46.1. The van der Waals surface area contributed by atoms with Crippen LogP contribution in [0.5, 0.6) is 0 Å². The third kappa shape index (κ3) is 19.6. The van der Waals surface area contributed by atoms with Crippen LogP contribution in [0.1, 0.15) is 159 Å². The zero-order valence-corrected chi connectivity index (χ0v) is 46.5. The zero-order chi connectivity index (χ0) is 54.1. The molecule has 0 aliphatic rings. The number of fused-ring (bicyclic) bond motifs is 2. The minimum atomic E-state index is -0.0972. The van der Waals surface area contributed by atoms with Crippen LogP contribution in [0.4, 0.5) is 0 Å². The summed E-state index contributed by atoms with van der Waals surface area (Å²) in [6.45, 7) is 37.8. The molecule has 0 spiro atoms. The van der Waals surface area contributed by atoms with Crippen LogP contribution in [0.3, 0.4) is 0 Å². The van der Waals surface area contributed by atoms with E-state index >= 15 is 0 Å². The van der Waals surface area contributed by atoms with Gasteiger partial charge in [0.05, 0.1) is 27.9 Å². The van der Waals surface area contributed by atoms with Crippen molar-refractivity contribution in [1.82, 2.24) is 65.0 Å². The van der Waals surface area contributed by atoms with Gasteiger partial charge in [0, 0.05) is 86.8 Å². The number of hydrogen-bond donors (Lipinski definition) is 0. The molecule has 9 aromatic rings. The molecular weight excluding hydrogens is 907 g/mol. The fourth-order valence-corrected chi connectivity index (χ4v) is 5.88. The Morgan fingerprint density at radius 3 is 1.36 bits per heavy atom. The maximum atomic E-state index is 5.61. The Labute approximate surface area is 434 Å². The molecule has 0 saturated carbocycles. The third-order valence-corrected chi connectivity index (χ3v) is 10.2. The van der Waals surface area contributed by atoms with E-state index in [0.29, 0.717) is 11.8 Å². The lowest BCUT2D eigenvalue weighted by Gasteiger charge is -2.17. The van der Waals surface area contributed by atoms with E-state index in [1.807, 2.05) is 97.3 Å². The number of benzene rings is 3. The van der Waals surface area contributed by atoms with Crippen molar-refractivity contribution in [3.63, 3.8) is 0 Å². The highest BCUT2D eigenvalue weighted by Gasteiger charge is 2.22. The quantitative estimate of drug-likeness (QED) is 0.151. The van der Waals surface area contributed by atoms with Crippen molar-refractivity contribution >= 4 is 21.9 Å². The molecular formula is C59H77N13O. The summed E-state index contributed by atoms with van der Waals surface area (Å²) in [7, 11) is 0. The van der Waals surface area contributed by atoms with Crippen LogP contribution in [0.15, 0.2) is 145 Å². The molecule has 6 heterocycles. The molecule has 6 aromatic heterocycles. The molecule has 0 fully saturated rings. The monoisotopic (exact) mass is 984 g/mol. The molecule has 0 aliphatic heterocycles. The minimum Gasteiger partial charge on any atom is -0.420 e. The lowest BCUT2D eigenvalue weighted by Crippen LogP contribution is -2.15. The Balaban J connectivity index is 0.000000192.